The summed E-state index contributed by atoms with van der Waals surface area (Å²) in [6.07, 6.45) is 0.718. The van der Waals surface area contributed by atoms with Crippen molar-refractivity contribution in [1.29, 1.82) is 0 Å². The van der Waals surface area contributed by atoms with Crippen LogP contribution in [0.4, 0.5) is 4.39 Å². The molecule has 1 N–H and O–H groups in total. The molecule has 3 aromatic carbocycles. The molecule has 0 saturated heterocycles. The molecule has 0 saturated carbocycles. The third-order valence-electron chi connectivity index (χ3n) is 5.84. The Morgan fingerprint density at radius 1 is 1.00 bits per heavy atom. The molecule has 5 heteroatoms. The summed E-state index contributed by atoms with van der Waals surface area (Å²) in [5.74, 6) is -0.423. The first-order valence-corrected chi connectivity index (χ1v) is 10.4. The zero-order chi connectivity index (χ0) is 21.4. The van der Waals surface area contributed by atoms with E-state index < -0.39 is 6.04 Å². The van der Waals surface area contributed by atoms with E-state index >= 15 is 0 Å². The van der Waals surface area contributed by atoms with Crippen molar-refractivity contribution in [2.24, 2.45) is 0 Å². The van der Waals surface area contributed by atoms with Crippen LogP contribution < -0.4 is 0 Å². The van der Waals surface area contributed by atoms with Gasteiger partial charge in [0, 0.05) is 17.7 Å². The van der Waals surface area contributed by atoms with Gasteiger partial charge in [-0.1, -0.05) is 72.3 Å². The minimum Gasteiger partial charge on any atom is -0.326 e. The second-order valence-corrected chi connectivity index (χ2v) is 7.92. The van der Waals surface area contributed by atoms with Crippen molar-refractivity contribution in [3.63, 3.8) is 0 Å². The van der Waals surface area contributed by atoms with Crippen LogP contribution in [0.5, 0.6) is 0 Å². The van der Waals surface area contributed by atoms with Crippen molar-refractivity contribution < 1.29 is 9.18 Å². The molecule has 0 radical (unpaired) electrons. The van der Waals surface area contributed by atoms with E-state index in [2.05, 4.69) is 22.3 Å². The predicted molar refractivity (Wildman–Crippen MR) is 118 cm³/mol. The fraction of sp³-hybridized carbons (Fsp3) is 0.154. The second kappa shape index (κ2) is 7.84. The maximum absolute atomic E-state index is 14.1. The Hall–Kier alpha value is -3.73. The molecular weight excluding hydrogens is 389 g/mol. The number of H-pyrrole nitrogens is 1. The lowest BCUT2D eigenvalue weighted by atomic mass is 9.95. The molecule has 0 aliphatic carbocycles. The number of hydrogen-bond acceptors (Lipinski definition) is 2. The maximum atomic E-state index is 14.1. The average Bonchev–Trinajstić information content (AvgIpc) is 3.32. The molecule has 1 aliphatic heterocycles. The van der Waals surface area contributed by atoms with Crippen LogP contribution >= 0.6 is 0 Å². The number of hydrogen-bond donors (Lipinski definition) is 1. The largest absolute Gasteiger partial charge is 0.326 e. The Bertz CT molecular complexity index is 1230. The number of nitrogens with one attached hydrogen (secondary N) is 1. The molecule has 5 rings (SSSR count). The van der Waals surface area contributed by atoms with E-state index in [1.54, 1.807) is 6.07 Å². The Labute approximate surface area is 180 Å². The van der Waals surface area contributed by atoms with Gasteiger partial charge in [0.05, 0.1) is 11.7 Å². The summed E-state index contributed by atoms with van der Waals surface area (Å²) in [6, 6.07) is 24.2. The van der Waals surface area contributed by atoms with Crippen LogP contribution in [0.2, 0.25) is 0 Å². The van der Waals surface area contributed by atoms with E-state index in [0.717, 1.165) is 39.9 Å². The van der Waals surface area contributed by atoms with Gasteiger partial charge in [-0.2, -0.15) is 5.10 Å². The van der Waals surface area contributed by atoms with E-state index in [1.165, 1.54) is 12.1 Å². The minimum atomic E-state index is -0.392. The molecule has 2 heterocycles. The number of nitrogens with zero attached hydrogens (tertiary/aromatic N) is 2. The van der Waals surface area contributed by atoms with Crippen LogP contribution in [0, 0.1) is 12.7 Å². The van der Waals surface area contributed by atoms with Crippen molar-refractivity contribution in [2.75, 3.05) is 6.54 Å². The molecule has 31 heavy (non-hydrogen) atoms. The molecule has 1 unspecified atom stereocenters. The lowest BCUT2D eigenvalue weighted by molar-refractivity contribution is 0.0745. The summed E-state index contributed by atoms with van der Waals surface area (Å²) in [7, 11) is 0. The summed E-state index contributed by atoms with van der Waals surface area (Å²) in [6.45, 7) is 2.56. The van der Waals surface area contributed by atoms with Gasteiger partial charge in [-0.3, -0.25) is 9.89 Å². The number of aromatic nitrogens is 2. The summed E-state index contributed by atoms with van der Waals surface area (Å²) in [5.41, 5.74) is 6.02. The van der Waals surface area contributed by atoms with Crippen LogP contribution in [0.25, 0.3) is 11.3 Å². The van der Waals surface area contributed by atoms with Crippen molar-refractivity contribution in [3.8, 4) is 11.3 Å². The third kappa shape index (κ3) is 3.52. The monoisotopic (exact) mass is 411 g/mol. The third-order valence-corrected chi connectivity index (χ3v) is 5.84. The zero-order valence-corrected chi connectivity index (χ0v) is 17.2. The molecule has 4 nitrogen and oxygen atoms in total. The smallest absolute Gasteiger partial charge is 0.273 e. The Morgan fingerprint density at radius 3 is 2.52 bits per heavy atom. The number of halogens is 1. The Morgan fingerprint density at radius 2 is 1.77 bits per heavy atom. The predicted octanol–water partition coefficient (Wildman–Crippen LogP) is 5.31. The van der Waals surface area contributed by atoms with Gasteiger partial charge in [-0.15, -0.1) is 0 Å². The molecule has 1 aliphatic rings. The minimum absolute atomic E-state index is 0.106. The van der Waals surface area contributed by atoms with Crippen LogP contribution in [0.1, 0.15) is 38.8 Å². The maximum Gasteiger partial charge on any atom is 0.273 e. The van der Waals surface area contributed by atoms with Crippen LogP contribution in [-0.4, -0.2) is 27.5 Å². The standard InChI is InChI=1S/C26H22FN3O/c1-17-10-12-19(13-11-17)23-22-24(29-28-23)26(31)30(15-14-18-6-3-2-4-7-18)25(22)20-8-5-9-21(27)16-20/h2-13,16,25H,14-15H2,1H3,(H,28,29). The first kappa shape index (κ1) is 19.2. The van der Waals surface area contributed by atoms with E-state index in [9.17, 15) is 9.18 Å². The van der Waals surface area contributed by atoms with Gasteiger partial charge >= 0.3 is 0 Å². The molecular formula is C26H22FN3O. The molecule has 154 valence electrons. The van der Waals surface area contributed by atoms with Gasteiger partial charge in [0.15, 0.2) is 0 Å². The zero-order valence-electron chi connectivity index (χ0n) is 17.2. The molecule has 4 aromatic rings. The summed E-state index contributed by atoms with van der Waals surface area (Å²) < 4.78 is 14.1. The lowest BCUT2D eigenvalue weighted by Crippen LogP contribution is -2.31. The highest BCUT2D eigenvalue weighted by molar-refractivity contribution is 6.00. The number of carbonyl (C=O) groups excluding carboxylic acids is 1. The van der Waals surface area contributed by atoms with Gasteiger partial charge < -0.3 is 4.90 Å². The number of carbonyl (C=O) groups is 1. The fourth-order valence-electron chi connectivity index (χ4n) is 4.28. The van der Waals surface area contributed by atoms with Crippen LogP contribution in [0.15, 0.2) is 78.9 Å². The molecule has 0 spiro atoms. The first-order valence-electron chi connectivity index (χ1n) is 10.4. The molecule has 1 amide bonds. The quantitative estimate of drug-likeness (QED) is 0.484. The van der Waals surface area contributed by atoms with Gasteiger partial charge in [-0.05, 0) is 36.6 Å². The van der Waals surface area contributed by atoms with Gasteiger partial charge in [0.1, 0.15) is 11.5 Å². The summed E-state index contributed by atoms with van der Waals surface area (Å²) in [4.78, 5) is 15.2. The number of amides is 1. The highest BCUT2D eigenvalue weighted by Gasteiger charge is 2.42. The van der Waals surface area contributed by atoms with Crippen LogP contribution in [0.3, 0.4) is 0 Å². The normalized spacial score (nSPS) is 15.4. The Balaban J connectivity index is 1.58. The number of aromatic amines is 1. The van der Waals surface area contributed by atoms with Crippen molar-refractivity contribution in [3.05, 3.63) is 113 Å². The van der Waals surface area contributed by atoms with Gasteiger partial charge in [0.2, 0.25) is 0 Å². The number of rotatable bonds is 5. The summed E-state index contributed by atoms with van der Waals surface area (Å²) >= 11 is 0. The highest BCUT2D eigenvalue weighted by atomic mass is 19.1. The first-order chi connectivity index (χ1) is 15.1. The fourth-order valence-corrected chi connectivity index (χ4v) is 4.28. The summed E-state index contributed by atoms with van der Waals surface area (Å²) in [5, 5.41) is 7.43. The van der Waals surface area contributed by atoms with Gasteiger partial charge in [-0.25, -0.2) is 4.39 Å². The van der Waals surface area contributed by atoms with E-state index in [1.807, 2.05) is 60.4 Å². The van der Waals surface area contributed by atoms with E-state index in [0.29, 0.717) is 12.2 Å². The molecule has 1 aromatic heterocycles. The van der Waals surface area contributed by atoms with E-state index in [-0.39, 0.29) is 11.7 Å². The topological polar surface area (TPSA) is 49.0 Å². The van der Waals surface area contributed by atoms with Crippen molar-refractivity contribution in [1.82, 2.24) is 15.1 Å². The molecule has 1 atom stereocenters. The van der Waals surface area contributed by atoms with Crippen molar-refractivity contribution in [2.45, 2.75) is 19.4 Å². The lowest BCUT2D eigenvalue weighted by Gasteiger charge is -2.26. The highest BCUT2D eigenvalue weighted by Crippen LogP contribution is 2.42. The van der Waals surface area contributed by atoms with Crippen LogP contribution in [-0.2, 0) is 6.42 Å². The SMILES string of the molecule is Cc1ccc(-c2n[nH]c3c2C(c2cccc(F)c2)N(CCc2ccccc2)C3=O)cc1. The molecule has 0 bridgehead atoms. The Kier molecular flexibility index (Phi) is 4.86. The number of aryl methyl sites for hydroxylation is 1. The second-order valence-electron chi connectivity index (χ2n) is 7.92. The van der Waals surface area contributed by atoms with Crippen molar-refractivity contribution >= 4 is 5.91 Å². The molecule has 0 fully saturated rings. The van der Waals surface area contributed by atoms with Gasteiger partial charge in [0.25, 0.3) is 5.91 Å². The van der Waals surface area contributed by atoms with E-state index in [4.69, 9.17) is 0 Å². The number of benzene rings is 3. The number of fused-ring (bicyclic) bond motifs is 1. The average molecular weight is 411 g/mol.